The van der Waals surface area contributed by atoms with Gasteiger partial charge in [0.05, 0.1) is 6.10 Å². The first kappa shape index (κ1) is 12.5. The lowest BCUT2D eigenvalue weighted by molar-refractivity contribution is 0.0879. The molecule has 1 fully saturated rings. The number of hydrogen-bond donors (Lipinski definition) is 3. The number of phenolic OH excluding ortho intramolecular Hbond substituents is 1. The molecule has 1 unspecified atom stereocenters. The van der Waals surface area contributed by atoms with Crippen molar-refractivity contribution in [3.63, 3.8) is 0 Å². The van der Waals surface area contributed by atoms with E-state index in [1.54, 1.807) is 6.07 Å². The fourth-order valence-corrected chi connectivity index (χ4v) is 2.99. The van der Waals surface area contributed by atoms with Crippen LogP contribution in [0, 0.1) is 5.92 Å². The normalized spacial score (nSPS) is 18.6. The molecule has 0 aliphatic carbocycles. The van der Waals surface area contributed by atoms with Crippen molar-refractivity contribution in [1.82, 2.24) is 5.32 Å². The second kappa shape index (κ2) is 5.19. The molecule has 3 heteroatoms. The van der Waals surface area contributed by atoms with Crippen LogP contribution in [0.5, 0.6) is 5.75 Å². The second-order valence-electron chi connectivity index (χ2n) is 5.25. The quantitative estimate of drug-likeness (QED) is 0.775. The Labute approximate surface area is 112 Å². The summed E-state index contributed by atoms with van der Waals surface area (Å²) < 4.78 is 0. The topological polar surface area (TPSA) is 52.5 Å². The Balaban J connectivity index is 2.05. The van der Waals surface area contributed by atoms with Crippen molar-refractivity contribution < 1.29 is 10.2 Å². The largest absolute Gasteiger partial charge is 0.508 e. The first-order chi connectivity index (χ1) is 9.27. The highest BCUT2D eigenvalue weighted by molar-refractivity contribution is 5.88. The summed E-state index contributed by atoms with van der Waals surface area (Å²) in [7, 11) is 0. The fraction of sp³-hybridized carbons (Fsp3) is 0.375. The highest BCUT2D eigenvalue weighted by atomic mass is 16.3. The molecular weight excluding hydrogens is 238 g/mol. The van der Waals surface area contributed by atoms with Crippen molar-refractivity contribution in [2.24, 2.45) is 5.92 Å². The predicted octanol–water partition coefficient (Wildman–Crippen LogP) is 2.58. The molecule has 100 valence electrons. The molecule has 3 rings (SSSR count). The number of phenols is 1. The number of benzene rings is 2. The number of aromatic hydroxyl groups is 1. The van der Waals surface area contributed by atoms with E-state index in [1.165, 1.54) is 0 Å². The minimum atomic E-state index is -0.590. The molecule has 0 spiro atoms. The first-order valence-corrected chi connectivity index (χ1v) is 6.87. The van der Waals surface area contributed by atoms with E-state index in [1.807, 2.05) is 30.3 Å². The average molecular weight is 257 g/mol. The maximum absolute atomic E-state index is 10.6. The van der Waals surface area contributed by atoms with Crippen molar-refractivity contribution in [1.29, 1.82) is 0 Å². The zero-order valence-corrected chi connectivity index (χ0v) is 10.8. The number of aliphatic hydroxyl groups is 1. The van der Waals surface area contributed by atoms with Gasteiger partial charge in [0.25, 0.3) is 0 Å². The van der Waals surface area contributed by atoms with Crippen LogP contribution in [0.25, 0.3) is 10.8 Å². The zero-order chi connectivity index (χ0) is 13.2. The van der Waals surface area contributed by atoms with E-state index in [0.29, 0.717) is 5.56 Å². The number of fused-ring (bicyclic) bond motifs is 1. The molecule has 0 amide bonds. The lowest BCUT2D eigenvalue weighted by Gasteiger charge is -2.28. The van der Waals surface area contributed by atoms with Gasteiger partial charge < -0.3 is 15.5 Å². The molecule has 2 aromatic rings. The lowest BCUT2D eigenvalue weighted by atomic mass is 9.85. The molecule has 1 heterocycles. The Morgan fingerprint density at radius 3 is 2.58 bits per heavy atom. The van der Waals surface area contributed by atoms with Crippen LogP contribution in [-0.2, 0) is 0 Å². The van der Waals surface area contributed by atoms with E-state index in [0.717, 1.165) is 36.7 Å². The van der Waals surface area contributed by atoms with Crippen LogP contribution in [0.4, 0.5) is 0 Å². The van der Waals surface area contributed by atoms with Crippen LogP contribution < -0.4 is 5.32 Å². The highest BCUT2D eigenvalue weighted by Crippen LogP contribution is 2.38. The monoisotopic (exact) mass is 257 g/mol. The predicted molar refractivity (Wildman–Crippen MR) is 76.2 cm³/mol. The molecule has 19 heavy (non-hydrogen) atoms. The first-order valence-electron chi connectivity index (χ1n) is 6.87. The Kier molecular flexibility index (Phi) is 3.40. The number of nitrogens with one attached hydrogen (secondary N) is 1. The smallest absolute Gasteiger partial charge is 0.122 e. The Morgan fingerprint density at radius 2 is 1.79 bits per heavy atom. The minimum absolute atomic E-state index is 0.199. The molecule has 3 N–H and O–H groups in total. The second-order valence-corrected chi connectivity index (χ2v) is 5.25. The van der Waals surface area contributed by atoms with Gasteiger partial charge in [-0.25, -0.2) is 0 Å². The summed E-state index contributed by atoms with van der Waals surface area (Å²) in [6.45, 7) is 1.88. The number of hydrogen-bond acceptors (Lipinski definition) is 3. The van der Waals surface area contributed by atoms with Crippen molar-refractivity contribution in [2.75, 3.05) is 13.1 Å². The van der Waals surface area contributed by atoms with Crippen LogP contribution in [-0.4, -0.2) is 23.3 Å². The van der Waals surface area contributed by atoms with Gasteiger partial charge in [-0.05, 0) is 48.7 Å². The van der Waals surface area contributed by atoms with Gasteiger partial charge in [0.15, 0.2) is 0 Å². The summed E-state index contributed by atoms with van der Waals surface area (Å²) in [4.78, 5) is 0. The van der Waals surface area contributed by atoms with Gasteiger partial charge in [-0.3, -0.25) is 0 Å². The summed E-state index contributed by atoms with van der Waals surface area (Å²) in [5.41, 5.74) is 0.685. The average Bonchev–Trinajstić information content (AvgIpc) is 2.47. The Bertz CT molecular complexity index is 576. The zero-order valence-electron chi connectivity index (χ0n) is 10.8. The maximum atomic E-state index is 10.6. The third kappa shape index (κ3) is 2.31. The van der Waals surface area contributed by atoms with E-state index in [9.17, 15) is 10.2 Å². The van der Waals surface area contributed by atoms with Gasteiger partial charge in [0.1, 0.15) is 5.75 Å². The van der Waals surface area contributed by atoms with E-state index in [2.05, 4.69) is 5.32 Å². The van der Waals surface area contributed by atoms with Crippen LogP contribution in [0.15, 0.2) is 36.4 Å². The molecule has 3 nitrogen and oxygen atoms in total. The fourth-order valence-electron chi connectivity index (χ4n) is 2.99. The molecule has 1 saturated heterocycles. The minimum Gasteiger partial charge on any atom is -0.508 e. The summed E-state index contributed by atoms with van der Waals surface area (Å²) >= 11 is 0. The van der Waals surface area contributed by atoms with Gasteiger partial charge in [-0.1, -0.05) is 30.3 Å². The maximum Gasteiger partial charge on any atom is 0.122 e. The Morgan fingerprint density at radius 1 is 1.05 bits per heavy atom. The molecule has 0 aromatic heterocycles. The Hall–Kier alpha value is -1.58. The van der Waals surface area contributed by atoms with Crippen LogP contribution in [0.1, 0.15) is 24.5 Å². The summed E-state index contributed by atoms with van der Waals surface area (Å²) in [6.07, 6.45) is 1.31. The van der Waals surface area contributed by atoms with Crippen molar-refractivity contribution in [3.8, 4) is 5.75 Å². The molecule has 0 bridgehead atoms. The van der Waals surface area contributed by atoms with E-state index >= 15 is 0 Å². The van der Waals surface area contributed by atoms with E-state index in [4.69, 9.17) is 0 Å². The number of rotatable bonds is 2. The number of aliphatic hydroxyl groups excluding tert-OH is 1. The van der Waals surface area contributed by atoms with Crippen molar-refractivity contribution in [3.05, 3.63) is 42.0 Å². The standard InChI is InChI=1S/C16H19NO2/c18-14-6-5-11-3-1-2-4-13(11)15(14)16(19)12-7-9-17-10-8-12/h1-6,12,16-19H,7-10H2. The third-order valence-electron chi connectivity index (χ3n) is 4.07. The van der Waals surface area contributed by atoms with Crippen LogP contribution in [0.3, 0.4) is 0 Å². The molecular formula is C16H19NO2. The molecule has 0 saturated carbocycles. The molecule has 1 aliphatic rings. The highest BCUT2D eigenvalue weighted by Gasteiger charge is 2.26. The summed E-state index contributed by atoms with van der Waals surface area (Å²) in [6, 6.07) is 11.5. The van der Waals surface area contributed by atoms with Crippen molar-refractivity contribution >= 4 is 10.8 Å². The van der Waals surface area contributed by atoms with Gasteiger partial charge in [-0.2, -0.15) is 0 Å². The van der Waals surface area contributed by atoms with Gasteiger partial charge in [0.2, 0.25) is 0 Å². The third-order valence-corrected chi connectivity index (χ3v) is 4.07. The summed E-state index contributed by atoms with van der Waals surface area (Å²) in [5, 5.41) is 26.1. The number of piperidine rings is 1. The molecule has 1 aliphatic heterocycles. The lowest BCUT2D eigenvalue weighted by Crippen LogP contribution is -2.30. The van der Waals surface area contributed by atoms with E-state index in [-0.39, 0.29) is 11.7 Å². The summed E-state index contributed by atoms with van der Waals surface area (Å²) in [5.74, 6) is 0.419. The molecule has 0 radical (unpaired) electrons. The SMILES string of the molecule is Oc1ccc2ccccc2c1C(O)C1CCNCC1. The van der Waals surface area contributed by atoms with Gasteiger partial charge in [0, 0.05) is 5.56 Å². The molecule has 2 aromatic carbocycles. The van der Waals surface area contributed by atoms with E-state index < -0.39 is 6.10 Å². The molecule has 1 atom stereocenters. The van der Waals surface area contributed by atoms with Crippen molar-refractivity contribution in [2.45, 2.75) is 18.9 Å². The van der Waals surface area contributed by atoms with Crippen LogP contribution in [0.2, 0.25) is 0 Å². The van der Waals surface area contributed by atoms with Gasteiger partial charge >= 0.3 is 0 Å². The van der Waals surface area contributed by atoms with Gasteiger partial charge in [-0.15, -0.1) is 0 Å². The van der Waals surface area contributed by atoms with Crippen LogP contribution >= 0.6 is 0 Å².